The van der Waals surface area contributed by atoms with Gasteiger partial charge in [0, 0.05) is 61.7 Å². The van der Waals surface area contributed by atoms with E-state index in [4.69, 9.17) is 0 Å². The molecule has 0 spiro atoms. The van der Waals surface area contributed by atoms with Crippen LogP contribution in [0.25, 0.3) is 55.7 Å². The highest BCUT2D eigenvalue weighted by molar-refractivity contribution is 6.10. The molecule has 4 nitrogen and oxygen atoms in total. The van der Waals surface area contributed by atoms with Crippen LogP contribution in [-0.2, 0) is 6.42 Å². The van der Waals surface area contributed by atoms with E-state index in [9.17, 15) is 8.78 Å². The minimum atomic E-state index is -0.273. The number of hydrogen-bond donors (Lipinski definition) is 0. The van der Waals surface area contributed by atoms with Crippen LogP contribution in [0.3, 0.4) is 0 Å². The smallest absolute Gasteiger partial charge is 0.123 e. The van der Waals surface area contributed by atoms with Crippen molar-refractivity contribution in [3.8, 4) is 11.4 Å². The summed E-state index contributed by atoms with van der Waals surface area (Å²) in [6.45, 7) is 0. The third kappa shape index (κ3) is 6.90. The summed E-state index contributed by atoms with van der Waals surface area (Å²) in [6.07, 6.45) is 11.6. The van der Waals surface area contributed by atoms with Gasteiger partial charge in [-0.05, 0) is 163 Å². The van der Waals surface area contributed by atoms with Gasteiger partial charge in [0.2, 0.25) is 0 Å². The Bertz CT molecular complexity index is 3510. The summed E-state index contributed by atoms with van der Waals surface area (Å²) < 4.78 is 33.5. The quantitative estimate of drug-likeness (QED) is 0.144. The average molecular weight is 859 g/mol. The van der Waals surface area contributed by atoms with Crippen LogP contribution in [0.15, 0.2) is 224 Å². The zero-order valence-electron chi connectivity index (χ0n) is 36.1. The SMILES string of the molecule is Fc1ccc(N(c2ccc(C3=CC=C(N(c4ccc(F)cc4)C4C=Cc5c(c6ccccc6n5-c5ccccc5)C4)CC3)cc2)c2ccc3c(c2)c2ccccc2n3-c2ccccc2)cc1. The molecule has 0 amide bonds. The van der Waals surface area contributed by atoms with Gasteiger partial charge in [-0.25, -0.2) is 8.78 Å². The van der Waals surface area contributed by atoms with Crippen LogP contribution in [0.5, 0.6) is 0 Å². The van der Waals surface area contributed by atoms with Crippen LogP contribution in [0.2, 0.25) is 0 Å². The molecule has 2 aliphatic rings. The number of fused-ring (bicyclic) bond motifs is 6. The van der Waals surface area contributed by atoms with Gasteiger partial charge < -0.3 is 18.9 Å². The normalized spacial score (nSPS) is 14.6. The van der Waals surface area contributed by atoms with E-state index in [1.165, 1.54) is 50.9 Å². The zero-order chi connectivity index (χ0) is 44.1. The number of hydrogen-bond acceptors (Lipinski definition) is 2. The van der Waals surface area contributed by atoms with Crippen molar-refractivity contribution in [3.05, 3.63) is 253 Å². The van der Waals surface area contributed by atoms with E-state index in [-0.39, 0.29) is 17.7 Å². The molecule has 0 saturated carbocycles. The van der Waals surface area contributed by atoms with Crippen LogP contribution in [-0.4, -0.2) is 15.2 Å². The van der Waals surface area contributed by atoms with Crippen LogP contribution in [0, 0.1) is 11.6 Å². The molecule has 12 rings (SSSR count). The predicted octanol–water partition coefficient (Wildman–Crippen LogP) is 15.7. The molecule has 318 valence electrons. The summed E-state index contributed by atoms with van der Waals surface area (Å²) in [7, 11) is 0. The first-order valence-electron chi connectivity index (χ1n) is 22.6. The lowest BCUT2D eigenvalue weighted by molar-refractivity contribution is 0.626. The van der Waals surface area contributed by atoms with Gasteiger partial charge in [-0.2, -0.15) is 0 Å². The molecular weight excluding hydrogens is 815 g/mol. The summed E-state index contributed by atoms with van der Waals surface area (Å²) >= 11 is 0. The molecule has 8 aromatic carbocycles. The molecule has 10 aromatic rings. The highest BCUT2D eigenvalue weighted by Gasteiger charge is 2.29. The van der Waals surface area contributed by atoms with Crippen molar-refractivity contribution in [3.63, 3.8) is 0 Å². The number of rotatable bonds is 9. The van der Waals surface area contributed by atoms with E-state index in [1.807, 2.05) is 30.3 Å². The van der Waals surface area contributed by atoms with Crippen molar-refractivity contribution in [1.82, 2.24) is 9.13 Å². The van der Waals surface area contributed by atoms with Crippen LogP contribution >= 0.6 is 0 Å². The lowest BCUT2D eigenvalue weighted by Gasteiger charge is -2.37. The summed E-state index contributed by atoms with van der Waals surface area (Å²) in [5.41, 5.74) is 15.6. The first-order chi connectivity index (χ1) is 32.6. The highest BCUT2D eigenvalue weighted by Crippen LogP contribution is 2.42. The van der Waals surface area contributed by atoms with E-state index in [2.05, 4.69) is 189 Å². The highest BCUT2D eigenvalue weighted by atomic mass is 19.1. The third-order valence-electron chi connectivity index (χ3n) is 13.3. The lowest BCUT2D eigenvalue weighted by atomic mass is 9.91. The second-order valence-electron chi connectivity index (χ2n) is 17.1. The summed E-state index contributed by atoms with van der Waals surface area (Å²) in [6, 6.07) is 67.2. The number of aromatic nitrogens is 2. The second-order valence-corrected chi connectivity index (χ2v) is 17.1. The molecule has 2 heterocycles. The Morgan fingerprint density at radius 3 is 1.65 bits per heavy atom. The first-order valence-corrected chi connectivity index (χ1v) is 22.6. The minimum Gasteiger partial charge on any atom is -0.338 e. The van der Waals surface area contributed by atoms with Gasteiger partial charge in [-0.3, -0.25) is 0 Å². The van der Waals surface area contributed by atoms with Crippen molar-refractivity contribution in [2.24, 2.45) is 0 Å². The zero-order valence-corrected chi connectivity index (χ0v) is 36.1. The maximum absolute atomic E-state index is 14.4. The number of nitrogens with zero attached hydrogens (tertiary/aromatic N) is 4. The van der Waals surface area contributed by atoms with E-state index in [0.717, 1.165) is 75.4 Å². The molecule has 0 N–H and O–H groups in total. The Morgan fingerprint density at radius 1 is 0.455 bits per heavy atom. The fourth-order valence-corrected chi connectivity index (χ4v) is 10.3. The maximum Gasteiger partial charge on any atom is 0.123 e. The number of anilines is 4. The van der Waals surface area contributed by atoms with E-state index in [0.29, 0.717) is 0 Å². The van der Waals surface area contributed by atoms with Crippen molar-refractivity contribution in [1.29, 1.82) is 0 Å². The molecule has 2 aromatic heterocycles. The van der Waals surface area contributed by atoms with E-state index < -0.39 is 0 Å². The second kappa shape index (κ2) is 16.4. The van der Waals surface area contributed by atoms with Crippen molar-refractivity contribution in [2.45, 2.75) is 25.3 Å². The predicted molar refractivity (Wildman–Crippen MR) is 269 cm³/mol. The number of halogens is 2. The maximum atomic E-state index is 14.4. The molecule has 0 radical (unpaired) electrons. The number of benzene rings is 8. The molecule has 2 aliphatic carbocycles. The fraction of sp³-hybridized carbons (Fsp3) is 0.0667. The van der Waals surface area contributed by atoms with Gasteiger partial charge in [0.25, 0.3) is 0 Å². The first kappa shape index (κ1) is 39.4. The Kier molecular flexibility index (Phi) is 9.79. The van der Waals surface area contributed by atoms with Gasteiger partial charge in [0.05, 0.1) is 22.6 Å². The molecule has 6 heteroatoms. The van der Waals surface area contributed by atoms with Gasteiger partial charge in [0.15, 0.2) is 0 Å². The third-order valence-corrected chi connectivity index (χ3v) is 13.3. The monoisotopic (exact) mass is 858 g/mol. The van der Waals surface area contributed by atoms with E-state index >= 15 is 0 Å². The minimum absolute atomic E-state index is 0.0324. The topological polar surface area (TPSA) is 16.3 Å². The Balaban J connectivity index is 0.883. The Morgan fingerprint density at radius 2 is 1.00 bits per heavy atom. The van der Waals surface area contributed by atoms with Crippen molar-refractivity contribution in [2.75, 3.05) is 9.80 Å². The molecule has 0 aliphatic heterocycles. The van der Waals surface area contributed by atoms with Crippen molar-refractivity contribution < 1.29 is 8.78 Å². The van der Waals surface area contributed by atoms with Gasteiger partial charge >= 0.3 is 0 Å². The molecule has 66 heavy (non-hydrogen) atoms. The van der Waals surface area contributed by atoms with Gasteiger partial charge in [-0.1, -0.05) is 97.1 Å². The molecule has 1 atom stereocenters. The Hall–Kier alpha value is -8.22. The van der Waals surface area contributed by atoms with Crippen LogP contribution in [0.1, 0.15) is 29.7 Å². The molecule has 1 unspecified atom stereocenters. The summed E-state index contributed by atoms with van der Waals surface area (Å²) in [5, 5.41) is 3.56. The van der Waals surface area contributed by atoms with Gasteiger partial charge in [0.1, 0.15) is 11.6 Å². The average Bonchev–Trinajstić information content (AvgIpc) is 3.89. The largest absolute Gasteiger partial charge is 0.338 e. The standard InChI is InChI=1S/C60H44F2N4/c61-43-23-31-49(32-24-43)63(51-35-37-59-55(39-51)53-15-7-9-17-57(53)65(59)45-11-3-1-4-12-45)47-27-19-41(20-28-47)42-21-29-48(30-22-42)64(50-33-25-44(62)26-34-50)52-36-38-60-56(40-52)54-16-8-10-18-58(54)66(60)46-13-5-2-6-14-46/h1-21,23-29,31-39,52H,22,30,40H2. The summed E-state index contributed by atoms with van der Waals surface area (Å²) in [4.78, 5) is 4.60. The van der Waals surface area contributed by atoms with Crippen LogP contribution in [0.4, 0.5) is 31.5 Å². The van der Waals surface area contributed by atoms with Gasteiger partial charge in [-0.15, -0.1) is 0 Å². The molecular formula is C60H44F2N4. The Labute approximate surface area is 382 Å². The molecule has 0 bridgehead atoms. The number of allylic oxidation sites excluding steroid dienone is 4. The lowest BCUT2D eigenvalue weighted by Crippen LogP contribution is -2.36. The van der Waals surface area contributed by atoms with E-state index in [1.54, 1.807) is 12.1 Å². The van der Waals surface area contributed by atoms with Crippen LogP contribution < -0.4 is 9.80 Å². The number of para-hydroxylation sites is 4. The fourth-order valence-electron chi connectivity index (χ4n) is 10.3. The summed E-state index contributed by atoms with van der Waals surface area (Å²) in [5.74, 6) is -0.520. The molecule has 0 fully saturated rings. The van der Waals surface area contributed by atoms with Crippen molar-refractivity contribution >= 4 is 67.1 Å². The molecule has 0 saturated heterocycles.